The molecule has 4 nitrogen and oxygen atoms in total. The maximum Gasteiger partial charge on any atom is 0.140 e. The van der Waals surface area contributed by atoms with E-state index in [4.69, 9.17) is 10.9 Å². The van der Waals surface area contributed by atoms with Crippen molar-refractivity contribution in [1.82, 2.24) is 0 Å². The molecule has 1 aromatic rings. The second kappa shape index (κ2) is 5.75. The van der Waals surface area contributed by atoms with Crippen LogP contribution in [0.4, 0.5) is 5.69 Å². The van der Waals surface area contributed by atoms with Gasteiger partial charge >= 0.3 is 0 Å². The molecule has 0 amide bonds. The number of hydrogen-bond donors (Lipinski definition) is 3. The average Bonchev–Trinajstić information content (AvgIpc) is 2.25. The maximum atomic E-state index is 8.39. The van der Waals surface area contributed by atoms with E-state index in [1.165, 1.54) is 11.1 Å². The summed E-state index contributed by atoms with van der Waals surface area (Å²) in [5.74, 6) is 0.234. The number of nitrogens with two attached hydrogens (primary N) is 1. The number of halogens is 1. The van der Waals surface area contributed by atoms with E-state index in [1.807, 2.05) is 13.8 Å². The first kappa shape index (κ1) is 12.8. The second-order valence-electron chi connectivity index (χ2n) is 3.69. The molecule has 0 heterocycles. The molecule has 16 heavy (non-hydrogen) atoms. The van der Waals surface area contributed by atoms with Crippen molar-refractivity contribution >= 4 is 27.5 Å². The fourth-order valence-corrected chi connectivity index (χ4v) is 1.66. The van der Waals surface area contributed by atoms with Crippen LogP contribution in [0.3, 0.4) is 0 Å². The van der Waals surface area contributed by atoms with Gasteiger partial charge in [-0.15, -0.1) is 0 Å². The third kappa shape index (κ3) is 3.41. The van der Waals surface area contributed by atoms with E-state index < -0.39 is 0 Å². The van der Waals surface area contributed by atoms with Gasteiger partial charge in [0.15, 0.2) is 0 Å². The Morgan fingerprint density at radius 1 is 1.44 bits per heavy atom. The highest BCUT2D eigenvalue weighted by atomic mass is 79.9. The van der Waals surface area contributed by atoms with Crippen LogP contribution in [0.2, 0.25) is 0 Å². The standard InChI is InChI=1S/C11H16BrN3O/c1-7-5-9(6-8(2)11(7)12)14-4-3-10(13)15-16/h5-6,14,16H,3-4H2,1-2H3,(H2,13,15). The van der Waals surface area contributed by atoms with Crippen LogP contribution in [0, 0.1) is 13.8 Å². The van der Waals surface area contributed by atoms with Gasteiger partial charge in [-0.1, -0.05) is 21.1 Å². The summed E-state index contributed by atoms with van der Waals surface area (Å²) in [6.45, 7) is 4.74. The van der Waals surface area contributed by atoms with Gasteiger partial charge in [0.1, 0.15) is 5.84 Å². The van der Waals surface area contributed by atoms with Crippen molar-refractivity contribution in [3.8, 4) is 0 Å². The third-order valence-electron chi connectivity index (χ3n) is 2.28. The number of oxime groups is 1. The number of nitrogens with one attached hydrogen (secondary N) is 1. The number of amidine groups is 1. The molecule has 0 fully saturated rings. The highest BCUT2D eigenvalue weighted by Crippen LogP contribution is 2.24. The number of anilines is 1. The quantitative estimate of drug-likeness (QED) is 0.345. The Morgan fingerprint density at radius 2 is 2.00 bits per heavy atom. The average molecular weight is 286 g/mol. The number of benzene rings is 1. The lowest BCUT2D eigenvalue weighted by molar-refractivity contribution is 0.317. The molecule has 0 aliphatic rings. The summed E-state index contributed by atoms with van der Waals surface area (Å²) in [6.07, 6.45) is 0.519. The Labute approximate surface area is 104 Å². The molecule has 0 saturated carbocycles. The lowest BCUT2D eigenvalue weighted by Crippen LogP contribution is -2.16. The van der Waals surface area contributed by atoms with Crippen LogP contribution < -0.4 is 11.1 Å². The molecule has 0 aliphatic carbocycles. The summed E-state index contributed by atoms with van der Waals surface area (Å²) < 4.78 is 1.13. The van der Waals surface area contributed by atoms with Crippen molar-refractivity contribution in [2.75, 3.05) is 11.9 Å². The molecule has 0 aliphatic heterocycles. The Balaban J connectivity index is 2.62. The first-order valence-electron chi connectivity index (χ1n) is 5.01. The molecule has 0 unspecified atom stereocenters. The largest absolute Gasteiger partial charge is 0.409 e. The van der Waals surface area contributed by atoms with Crippen molar-refractivity contribution < 1.29 is 5.21 Å². The van der Waals surface area contributed by atoms with Crippen molar-refractivity contribution in [2.45, 2.75) is 20.3 Å². The van der Waals surface area contributed by atoms with E-state index in [9.17, 15) is 0 Å². The lowest BCUT2D eigenvalue weighted by atomic mass is 10.1. The molecular formula is C11H16BrN3O. The van der Waals surface area contributed by atoms with Crippen molar-refractivity contribution in [3.05, 3.63) is 27.7 Å². The van der Waals surface area contributed by atoms with Crippen LogP contribution >= 0.6 is 15.9 Å². The van der Waals surface area contributed by atoms with Crippen LogP contribution in [0.5, 0.6) is 0 Å². The number of aryl methyl sites for hydroxylation is 2. The number of hydrogen-bond acceptors (Lipinski definition) is 3. The molecule has 0 radical (unpaired) electrons. The zero-order valence-electron chi connectivity index (χ0n) is 9.42. The molecule has 5 heteroatoms. The predicted molar refractivity (Wildman–Crippen MR) is 70.1 cm³/mol. The van der Waals surface area contributed by atoms with E-state index in [-0.39, 0.29) is 5.84 Å². The SMILES string of the molecule is Cc1cc(NCC/C(N)=N/O)cc(C)c1Br. The zero-order chi connectivity index (χ0) is 12.1. The van der Waals surface area contributed by atoms with Gasteiger partial charge in [0.25, 0.3) is 0 Å². The van der Waals surface area contributed by atoms with E-state index >= 15 is 0 Å². The Bertz CT molecular complexity index is 381. The lowest BCUT2D eigenvalue weighted by Gasteiger charge is -2.10. The Morgan fingerprint density at radius 3 is 2.50 bits per heavy atom. The first-order valence-corrected chi connectivity index (χ1v) is 5.81. The highest BCUT2D eigenvalue weighted by Gasteiger charge is 2.02. The Kier molecular flexibility index (Phi) is 4.61. The zero-order valence-corrected chi connectivity index (χ0v) is 11.0. The second-order valence-corrected chi connectivity index (χ2v) is 4.49. The summed E-state index contributed by atoms with van der Waals surface area (Å²) in [6, 6.07) is 4.12. The third-order valence-corrected chi connectivity index (χ3v) is 3.53. The van der Waals surface area contributed by atoms with E-state index in [0.29, 0.717) is 13.0 Å². The van der Waals surface area contributed by atoms with Gasteiger partial charge in [0, 0.05) is 23.1 Å². The van der Waals surface area contributed by atoms with Gasteiger partial charge in [-0.2, -0.15) is 0 Å². The van der Waals surface area contributed by atoms with E-state index in [0.717, 1.165) is 10.2 Å². The van der Waals surface area contributed by atoms with Gasteiger partial charge in [-0.25, -0.2) is 0 Å². The van der Waals surface area contributed by atoms with Crippen LogP contribution in [-0.4, -0.2) is 17.6 Å². The predicted octanol–water partition coefficient (Wildman–Crippen LogP) is 2.61. The van der Waals surface area contributed by atoms with Gasteiger partial charge in [0.2, 0.25) is 0 Å². The summed E-state index contributed by atoms with van der Waals surface area (Å²) in [7, 11) is 0. The molecular weight excluding hydrogens is 270 g/mol. The van der Waals surface area contributed by atoms with Crippen LogP contribution in [0.15, 0.2) is 21.8 Å². The fraction of sp³-hybridized carbons (Fsp3) is 0.364. The van der Waals surface area contributed by atoms with E-state index in [1.54, 1.807) is 0 Å². The monoisotopic (exact) mass is 285 g/mol. The van der Waals surface area contributed by atoms with Crippen molar-refractivity contribution in [2.24, 2.45) is 10.9 Å². The topological polar surface area (TPSA) is 70.6 Å². The normalized spacial score (nSPS) is 11.6. The molecule has 0 spiro atoms. The molecule has 88 valence electrons. The van der Waals surface area contributed by atoms with E-state index in [2.05, 4.69) is 38.5 Å². The molecule has 1 rings (SSSR count). The molecule has 0 saturated heterocycles. The minimum atomic E-state index is 0.234. The Hall–Kier alpha value is -1.23. The number of rotatable bonds is 4. The minimum absolute atomic E-state index is 0.234. The van der Waals surface area contributed by atoms with Crippen LogP contribution in [0.1, 0.15) is 17.5 Å². The smallest absolute Gasteiger partial charge is 0.140 e. The molecule has 4 N–H and O–H groups in total. The van der Waals surface area contributed by atoms with Crippen molar-refractivity contribution in [3.63, 3.8) is 0 Å². The van der Waals surface area contributed by atoms with Crippen molar-refractivity contribution in [1.29, 1.82) is 0 Å². The molecule has 1 aromatic carbocycles. The molecule has 0 aromatic heterocycles. The van der Waals surface area contributed by atoms with Crippen LogP contribution in [-0.2, 0) is 0 Å². The maximum absolute atomic E-state index is 8.39. The fourth-order valence-electron chi connectivity index (χ4n) is 1.43. The highest BCUT2D eigenvalue weighted by molar-refractivity contribution is 9.10. The van der Waals surface area contributed by atoms with Gasteiger partial charge in [0.05, 0.1) is 0 Å². The summed E-state index contributed by atoms with van der Waals surface area (Å²) in [5.41, 5.74) is 8.79. The van der Waals surface area contributed by atoms with Gasteiger partial charge < -0.3 is 16.3 Å². The van der Waals surface area contributed by atoms with Gasteiger partial charge in [-0.3, -0.25) is 0 Å². The van der Waals surface area contributed by atoms with Crippen LogP contribution in [0.25, 0.3) is 0 Å². The minimum Gasteiger partial charge on any atom is -0.409 e. The molecule has 0 atom stereocenters. The first-order chi connectivity index (χ1) is 7.54. The summed E-state index contributed by atoms with van der Waals surface area (Å²) in [4.78, 5) is 0. The number of nitrogens with zero attached hydrogens (tertiary/aromatic N) is 1. The summed E-state index contributed by atoms with van der Waals surface area (Å²) in [5, 5.41) is 14.5. The molecule has 0 bridgehead atoms. The summed E-state index contributed by atoms with van der Waals surface area (Å²) >= 11 is 3.52. The van der Waals surface area contributed by atoms with Gasteiger partial charge in [-0.05, 0) is 37.1 Å².